The Morgan fingerprint density at radius 1 is 1.06 bits per heavy atom. The maximum atomic E-state index is 10.8. The van der Waals surface area contributed by atoms with Gasteiger partial charge >= 0.3 is 0 Å². The molecule has 1 saturated heterocycles. The molecule has 0 bridgehead atoms. The number of oxazole rings is 1. The number of fused-ring (bicyclic) bond motifs is 1. The highest BCUT2D eigenvalue weighted by Crippen LogP contribution is 2.33. The number of likely N-dealkylation sites (tertiary alicyclic amines) is 1. The molecule has 1 aliphatic rings. The summed E-state index contributed by atoms with van der Waals surface area (Å²) >= 11 is 0. The van der Waals surface area contributed by atoms with E-state index in [4.69, 9.17) is 8.83 Å². The second-order valence-electron chi connectivity index (χ2n) is 7.76. The van der Waals surface area contributed by atoms with Crippen LogP contribution in [0.25, 0.3) is 22.6 Å². The lowest BCUT2D eigenvalue weighted by molar-refractivity contribution is -0.384. The molecule has 9 nitrogen and oxygen atoms in total. The zero-order valence-electron chi connectivity index (χ0n) is 17.0. The summed E-state index contributed by atoms with van der Waals surface area (Å²) in [4.78, 5) is 17.3. The second kappa shape index (κ2) is 7.92. The van der Waals surface area contributed by atoms with E-state index in [1.165, 1.54) is 12.1 Å². The van der Waals surface area contributed by atoms with E-state index in [2.05, 4.69) is 20.1 Å². The molecule has 1 aliphatic heterocycles. The van der Waals surface area contributed by atoms with Crippen LogP contribution in [-0.4, -0.2) is 38.1 Å². The third kappa shape index (κ3) is 3.79. The first kappa shape index (κ1) is 19.4. The summed E-state index contributed by atoms with van der Waals surface area (Å²) in [5.41, 5.74) is 2.42. The zero-order chi connectivity index (χ0) is 21.4. The molecule has 1 unspecified atom stereocenters. The minimum Gasteiger partial charge on any atom is -0.440 e. The van der Waals surface area contributed by atoms with Crippen molar-refractivity contribution < 1.29 is 13.8 Å². The highest BCUT2D eigenvalue weighted by atomic mass is 16.6. The van der Waals surface area contributed by atoms with Crippen molar-refractivity contribution in [2.75, 3.05) is 13.1 Å². The van der Waals surface area contributed by atoms with Gasteiger partial charge in [-0.15, -0.1) is 10.2 Å². The smallest absolute Gasteiger partial charge is 0.269 e. The van der Waals surface area contributed by atoms with Gasteiger partial charge in [0.1, 0.15) is 5.52 Å². The van der Waals surface area contributed by atoms with Gasteiger partial charge in [-0.1, -0.05) is 12.1 Å². The average Bonchev–Trinajstić information content (AvgIpc) is 3.46. The first-order chi connectivity index (χ1) is 15.1. The molecule has 1 atom stereocenters. The third-order valence-corrected chi connectivity index (χ3v) is 5.86. The Kier molecular flexibility index (Phi) is 4.95. The van der Waals surface area contributed by atoms with Gasteiger partial charge in [0.15, 0.2) is 11.5 Å². The Morgan fingerprint density at radius 2 is 1.81 bits per heavy atom. The van der Waals surface area contributed by atoms with Crippen LogP contribution in [0.5, 0.6) is 0 Å². The highest BCUT2D eigenvalue weighted by Gasteiger charge is 2.29. The van der Waals surface area contributed by atoms with Gasteiger partial charge in [-0.05, 0) is 57.1 Å². The summed E-state index contributed by atoms with van der Waals surface area (Å²) < 4.78 is 11.8. The molecule has 0 saturated carbocycles. The Bertz CT molecular complexity index is 1180. The van der Waals surface area contributed by atoms with E-state index in [1.54, 1.807) is 12.1 Å². The van der Waals surface area contributed by atoms with Gasteiger partial charge in [0, 0.05) is 23.6 Å². The highest BCUT2D eigenvalue weighted by molar-refractivity contribution is 5.72. The molecular formula is C22H21N5O4. The predicted molar refractivity (Wildman–Crippen MR) is 112 cm³/mol. The molecule has 0 amide bonds. The van der Waals surface area contributed by atoms with Gasteiger partial charge in [-0.3, -0.25) is 15.0 Å². The van der Waals surface area contributed by atoms with Crippen LogP contribution in [0.4, 0.5) is 5.69 Å². The molecule has 9 heteroatoms. The SMILES string of the molecule is CC(c1nnc(-c2ccc([N+](=O)[O-])cc2)o1)N1CCC(c2nc3ccccc3o2)CC1. The second-order valence-corrected chi connectivity index (χ2v) is 7.76. The number of non-ortho nitro benzene ring substituents is 1. The van der Waals surface area contributed by atoms with Crippen molar-refractivity contribution >= 4 is 16.8 Å². The topological polar surface area (TPSA) is 111 Å². The van der Waals surface area contributed by atoms with Crippen molar-refractivity contribution in [2.24, 2.45) is 0 Å². The molecule has 3 heterocycles. The van der Waals surface area contributed by atoms with Gasteiger partial charge in [-0.25, -0.2) is 4.98 Å². The van der Waals surface area contributed by atoms with Crippen LogP contribution in [0.3, 0.4) is 0 Å². The molecule has 4 aromatic rings. The van der Waals surface area contributed by atoms with Crippen molar-refractivity contribution in [3.05, 3.63) is 70.4 Å². The first-order valence-electron chi connectivity index (χ1n) is 10.3. The molecule has 0 spiro atoms. The normalized spacial score (nSPS) is 16.5. The number of benzene rings is 2. The average molecular weight is 419 g/mol. The number of rotatable bonds is 5. The number of nitrogens with zero attached hydrogens (tertiary/aromatic N) is 5. The van der Waals surface area contributed by atoms with Crippen LogP contribution in [0.15, 0.2) is 57.4 Å². The summed E-state index contributed by atoms with van der Waals surface area (Å²) in [6.07, 6.45) is 1.89. The van der Waals surface area contributed by atoms with E-state index in [0.717, 1.165) is 42.9 Å². The van der Waals surface area contributed by atoms with Crippen molar-refractivity contribution in [2.45, 2.75) is 31.7 Å². The fourth-order valence-corrected chi connectivity index (χ4v) is 4.00. The maximum absolute atomic E-state index is 10.8. The van der Waals surface area contributed by atoms with E-state index in [1.807, 2.05) is 31.2 Å². The minimum absolute atomic E-state index is 0.0242. The third-order valence-electron chi connectivity index (χ3n) is 5.86. The van der Waals surface area contributed by atoms with Crippen molar-refractivity contribution in [3.63, 3.8) is 0 Å². The number of nitro benzene ring substituents is 1. The molecule has 2 aromatic carbocycles. The molecule has 158 valence electrons. The van der Waals surface area contributed by atoms with Crippen molar-refractivity contribution in [3.8, 4) is 11.5 Å². The monoisotopic (exact) mass is 419 g/mol. The van der Waals surface area contributed by atoms with Gasteiger partial charge < -0.3 is 8.83 Å². The Hall–Kier alpha value is -3.59. The van der Waals surface area contributed by atoms with Gasteiger partial charge in [0.05, 0.1) is 11.0 Å². The molecule has 0 radical (unpaired) electrons. The molecule has 1 fully saturated rings. The van der Waals surface area contributed by atoms with E-state index in [-0.39, 0.29) is 11.7 Å². The first-order valence-corrected chi connectivity index (χ1v) is 10.3. The standard InChI is InChI=1S/C22H21N5O4/c1-14(20-24-25-22(31-20)15-6-8-17(9-7-15)27(28)29)26-12-10-16(11-13-26)21-23-18-4-2-3-5-19(18)30-21/h2-9,14,16H,10-13H2,1H3. The largest absolute Gasteiger partial charge is 0.440 e. The van der Waals surface area contributed by atoms with Crippen molar-refractivity contribution in [1.29, 1.82) is 0 Å². The summed E-state index contributed by atoms with van der Waals surface area (Å²) in [6.45, 7) is 3.80. The fourth-order valence-electron chi connectivity index (χ4n) is 4.00. The Balaban J connectivity index is 1.24. The summed E-state index contributed by atoms with van der Waals surface area (Å²) in [5, 5.41) is 19.1. The van der Waals surface area contributed by atoms with Gasteiger partial charge in [0.25, 0.3) is 5.69 Å². The van der Waals surface area contributed by atoms with E-state index in [9.17, 15) is 10.1 Å². The zero-order valence-corrected chi connectivity index (χ0v) is 17.0. The Morgan fingerprint density at radius 3 is 2.52 bits per heavy atom. The summed E-state index contributed by atoms with van der Waals surface area (Å²) in [5.74, 6) is 2.01. The number of hydrogen-bond donors (Lipinski definition) is 0. The van der Waals surface area contributed by atoms with E-state index in [0.29, 0.717) is 23.3 Å². The summed E-state index contributed by atoms with van der Waals surface area (Å²) in [7, 11) is 0. The molecule has 0 N–H and O–H groups in total. The minimum atomic E-state index is -0.435. The number of hydrogen-bond acceptors (Lipinski definition) is 8. The van der Waals surface area contributed by atoms with Crippen LogP contribution < -0.4 is 0 Å². The lowest BCUT2D eigenvalue weighted by Gasteiger charge is -2.33. The molecular weight excluding hydrogens is 398 g/mol. The number of piperidine rings is 1. The van der Waals surface area contributed by atoms with E-state index < -0.39 is 4.92 Å². The van der Waals surface area contributed by atoms with Gasteiger partial charge in [-0.2, -0.15) is 0 Å². The number of para-hydroxylation sites is 2. The van der Waals surface area contributed by atoms with Gasteiger partial charge in [0.2, 0.25) is 11.8 Å². The quantitative estimate of drug-likeness (QED) is 0.337. The molecule has 0 aliphatic carbocycles. The van der Waals surface area contributed by atoms with Crippen LogP contribution >= 0.6 is 0 Å². The molecule has 31 heavy (non-hydrogen) atoms. The fraction of sp³-hybridized carbons (Fsp3) is 0.318. The Labute approximate surface area is 177 Å². The van der Waals surface area contributed by atoms with Crippen LogP contribution in [0, 0.1) is 10.1 Å². The number of aromatic nitrogens is 3. The molecule has 2 aromatic heterocycles. The number of nitro groups is 1. The van der Waals surface area contributed by atoms with Crippen LogP contribution in [0.2, 0.25) is 0 Å². The van der Waals surface area contributed by atoms with E-state index >= 15 is 0 Å². The summed E-state index contributed by atoms with van der Waals surface area (Å²) in [6, 6.07) is 13.9. The van der Waals surface area contributed by atoms with Crippen LogP contribution in [-0.2, 0) is 0 Å². The van der Waals surface area contributed by atoms with Crippen molar-refractivity contribution in [1.82, 2.24) is 20.1 Å². The lowest BCUT2D eigenvalue weighted by Crippen LogP contribution is -2.35. The van der Waals surface area contributed by atoms with Crippen LogP contribution in [0.1, 0.15) is 43.5 Å². The maximum Gasteiger partial charge on any atom is 0.269 e. The lowest BCUT2D eigenvalue weighted by atomic mass is 9.96. The predicted octanol–water partition coefficient (Wildman–Crippen LogP) is 4.73. The molecule has 5 rings (SSSR count).